The molecule has 7 heteroatoms. The molecule has 1 aromatic rings. The molecule has 2 rings (SSSR count). The van der Waals surface area contributed by atoms with E-state index in [0.717, 1.165) is 0 Å². The summed E-state index contributed by atoms with van der Waals surface area (Å²) in [6, 6.07) is 2.77. The highest BCUT2D eigenvalue weighted by Gasteiger charge is 2.34. The molecule has 1 amide bonds. The molecular formula is C13H16N2O5. The van der Waals surface area contributed by atoms with Gasteiger partial charge >= 0.3 is 5.97 Å². The van der Waals surface area contributed by atoms with Gasteiger partial charge in [-0.1, -0.05) is 0 Å². The first-order chi connectivity index (χ1) is 9.58. The van der Waals surface area contributed by atoms with Crippen LogP contribution in [0.1, 0.15) is 33.7 Å². The van der Waals surface area contributed by atoms with Crippen molar-refractivity contribution in [2.45, 2.75) is 18.4 Å². The standard InChI is InChI=1S/C13H16N2O5/c16-8-13(3-6-20-7-4-13)15-11(17)10-9(12(18)19)2-1-5-14-10/h1-2,5,16H,3-4,6-8H2,(H,15,17)(H,18,19). The van der Waals surface area contributed by atoms with Gasteiger partial charge in [-0.2, -0.15) is 0 Å². The van der Waals surface area contributed by atoms with E-state index in [9.17, 15) is 14.7 Å². The second kappa shape index (κ2) is 5.98. The van der Waals surface area contributed by atoms with Crippen LogP contribution in [0.4, 0.5) is 0 Å². The van der Waals surface area contributed by atoms with Gasteiger partial charge in [-0.3, -0.25) is 9.78 Å². The number of hydrogen-bond acceptors (Lipinski definition) is 5. The molecule has 0 spiro atoms. The number of amides is 1. The van der Waals surface area contributed by atoms with Crippen LogP contribution in [-0.2, 0) is 4.74 Å². The monoisotopic (exact) mass is 280 g/mol. The number of carboxylic acids is 1. The number of aromatic carboxylic acids is 1. The lowest BCUT2D eigenvalue weighted by atomic mass is 9.90. The van der Waals surface area contributed by atoms with Crippen LogP contribution in [0.25, 0.3) is 0 Å². The normalized spacial score (nSPS) is 17.4. The number of ether oxygens (including phenoxy) is 1. The molecule has 1 saturated heterocycles. The first kappa shape index (κ1) is 14.4. The zero-order chi connectivity index (χ0) is 14.6. The molecule has 0 unspecified atom stereocenters. The molecule has 2 heterocycles. The third-order valence-electron chi connectivity index (χ3n) is 3.38. The second-order valence-corrected chi connectivity index (χ2v) is 4.71. The van der Waals surface area contributed by atoms with E-state index in [4.69, 9.17) is 9.84 Å². The van der Waals surface area contributed by atoms with Gasteiger partial charge in [-0.25, -0.2) is 4.79 Å². The summed E-state index contributed by atoms with van der Waals surface area (Å²) in [5.74, 6) is -1.81. The van der Waals surface area contributed by atoms with E-state index in [1.807, 2.05) is 0 Å². The van der Waals surface area contributed by atoms with Gasteiger partial charge in [0, 0.05) is 19.4 Å². The third-order valence-corrected chi connectivity index (χ3v) is 3.38. The maximum absolute atomic E-state index is 12.2. The van der Waals surface area contributed by atoms with Crippen molar-refractivity contribution < 1.29 is 24.5 Å². The molecule has 108 valence electrons. The maximum Gasteiger partial charge on any atom is 0.338 e. The Bertz CT molecular complexity index is 511. The molecule has 0 aliphatic carbocycles. The minimum Gasteiger partial charge on any atom is -0.478 e. The molecule has 1 aliphatic heterocycles. The van der Waals surface area contributed by atoms with E-state index in [0.29, 0.717) is 26.1 Å². The van der Waals surface area contributed by atoms with Gasteiger partial charge in [0.15, 0.2) is 0 Å². The second-order valence-electron chi connectivity index (χ2n) is 4.71. The van der Waals surface area contributed by atoms with E-state index >= 15 is 0 Å². The minimum absolute atomic E-state index is 0.153. The number of rotatable bonds is 4. The van der Waals surface area contributed by atoms with Crippen LogP contribution in [0.3, 0.4) is 0 Å². The van der Waals surface area contributed by atoms with Crippen molar-refractivity contribution in [3.8, 4) is 0 Å². The van der Waals surface area contributed by atoms with E-state index in [1.54, 1.807) is 0 Å². The van der Waals surface area contributed by atoms with Crippen LogP contribution in [0.5, 0.6) is 0 Å². The van der Waals surface area contributed by atoms with Crippen molar-refractivity contribution in [3.63, 3.8) is 0 Å². The number of pyridine rings is 1. The van der Waals surface area contributed by atoms with Gasteiger partial charge in [-0.15, -0.1) is 0 Å². The molecule has 0 aromatic carbocycles. The summed E-state index contributed by atoms with van der Waals surface area (Å²) in [4.78, 5) is 27.1. The van der Waals surface area contributed by atoms with Crippen molar-refractivity contribution in [2.24, 2.45) is 0 Å². The number of nitrogens with zero attached hydrogens (tertiary/aromatic N) is 1. The lowest BCUT2D eigenvalue weighted by molar-refractivity contribution is 0.0123. The minimum atomic E-state index is -1.21. The lowest BCUT2D eigenvalue weighted by Gasteiger charge is -2.36. The molecule has 0 bridgehead atoms. The lowest BCUT2D eigenvalue weighted by Crippen LogP contribution is -2.54. The van der Waals surface area contributed by atoms with Gasteiger partial charge in [0.1, 0.15) is 5.69 Å². The number of carbonyl (C=O) groups is 2. The van der Waals surface area contributed by atoms with Crippen molar-refractivity contribution in [1.29, 1.82) is 0 Å². The number of aliphatic hydroxyl groups is 1. The van der Waals surface area contributed by atoms with Crippen molar-refractivity contribution in [2.75, 3.05) is 19.8 Å². The summed E-state index contributed by atoms with van der Waals surface area (Å²) < 4.78 is 5.20. The Hall–Kier alpha value is -1.99. The summed E-state index contributed by atoms with van der Waals surface area (Å²) in [6.07, 6.45) is 2.31. The topological polar surface area (TPSA) is 109 Å². The van der Waals surface area contributed by atoms with Crippen LogP contribution in [0.2, 0.25) is 0 Å². The predicted octanol–water partition coefficient (Wildman–Crippen LogP) is 0.0511. The Morgan fingerprint density at radius 1 is 1.40 bits per heavy atom. The average molecular weight is 280 g/mol. The van der Waals surface area contributed by atoms with Crippen LogP contribution >= 0.6 is 0 Å². The number of hydrogen-bond donors (Lipinski definition) is 3. The van der Waals surface area contributed by atoms with E-state index in [1.165, 1.54) is 18.3 Å². The van der Waals surface area contributed by atoms with E-state index < -0.39 is 17.4 Å². The molecule has 3 N–H and O–H groups in total. The van der Waals surface area contributed by atoms with Crippen molar-refractivity contribution in [1.82, 2.24) is 10.3 Å². The average Bonchev–Trinajstić information content (AvgIpc) is 2.48. The molecule has 0 saturated carbocycles. The summed E-state index contributed by atoms with van der Waals surface area (Å²) in [7, 11) is 0. The van der Waals surface area contributed by atoms with Gasteiger partial charge in [0.2, 0.25) is 0 Å². The van der Waals surface area contributed by atoms with Crippen LogP contribution in [0.15, 0.2) is 18.3 Å². The quantitative estimate of drug-likeness (QED) is 0.719. The summed E-state index contributed by atoms with van der Waals surface area (Å²) in [6.45, 7) is 0.654. The molecule has 1 aromatic heterocycles. The van der Waals surface area contributed by atoms with E-state index in [2.05, 4.69) is 10.3 Å². The molecule has 20 heavy (non-hydrogen) atoms. The van der Waals surface area contributed by atoms with Gasteiger partial charge in [0.25, 0.3) is 5.91 Å². The largest absolute Gasteiger partial charge is 0.478 e. The van der Waals surface area contributed by atoms with Crippen molar-refractivity contribution in [3.05, 3.63) is 29.6 Å². The van der Waals surface area contributed by atoms with Crippen LogP contribution < -0.4 is 5.32 Å². The highest BCUT2D eigenvalue weighted by molar-refractivity contribution is 6.03. The zero-order valence-electron chi connectivity index (χ0n) is 10.8. The Morgan fingerprint density at radius 2 is 2.10 bits per heavy atom. The summed E-state index contributed by atoms with van der Waals surface area (Å²) in [5.41, 5.74) is -1.09. The SMILES string of the molecule is O=C(O)c1cccnc1C(=O)NC1(CO)CCOCC1. The van der Waals surface area contributed by atoms with Crippen LogP contribution in [0, 0.1) is 0 Å². The number of carbonyl (C=O) groups excluding carboxylic acids is 1. The zero-order valence-corrected chi connectivity index (χ0v) is 10.8. The molecule has 7 nitrogen and oxygen atoms in total. The van der Waals surface area contributed by atoms with Crippen LogP contribution in [-0.4, -0.2) is 52.4 Å². The van der Waals surface area contributed by atoms with Gasteiger partial charge < -0.3 is 20.3 Å². The number of carboxylic acid groups (broad SMARTS) is 1. The smallest absolute Gasteiger partial charge is 0.338 e. The fourth-order valence-electron chi connectivity index (χ4n) is 2.14. The Morgan fingerprint density at radius 3 is 2.70 bits per heavy atom. The summed E-state index contributed by atoms with van der Waals surface area (Å²) >= 11 is 0. The fraction of sp³-hybridized carbons (Fsp3) is 0.462. The van der Waals surface area contributed by atoms with Gasteiger partial charge in [-0.05, 0) is 25.0 Å². The first-order valence-electron chi connectivity index (χ1n) is 6.27. The summed E-state index contributed by atoms with van der Waals surface area (Å²) in [5, 5.41) is 21.3. The molecule has 0 radical (unpaired) electrons. The first-order valence-corrected chi connectivity index (χ1v) is 6.27. The number of aromatic nitrogens is 1. The van der Waals surface area contributed by atoms with E-state index in [-0.39, 0.29) is 17.9 Å². The Balaban J connectivity index is 2.21. The number of nitrogens with one attached hydrogen (secondary N) is 1. The Labute approximate surface area is 115 Å². The highest BCUT2D eigenvalue weighted by Crippen LogP contribution is 2.21. The highest BCUT2D eigenvalue weighted by atomic mass is 16.5. The Kier molecular flexibility index (Phi) is 4.31. The fourth-order valence-corrected chi connectivity index (χ4v) is 2.14. The molecular weight excluding hydrogens is 264 g/mol. The molecule has 0 atom stereocenters. The third kappa shape index (κ3) is 2.94. The maximum atomic E-state index is 12.2. The molecule has 1 aliphatic rings. The molecule has 1 fully saturated rings. The number of aliphatic hydroxyl groups excluding tert-OH is 1. The predicted molar refractivity (Wildman–Crippen MR) is 68.5 cm³/mol. The van der Waals surface area contributed by atoms with Gasteiger partial charge in [0.05, 0.1) is 17.7 Å². The van der Waals surface area contributed by atoms with Crippen molar-refractivity contribution >= 4 is 11.9 Å².